The first-order chi connectivity index (χ1) is 36.0. The van der Waals surface area contributed by atoms with E-state index in [1.165, 1.54) is 25.2 Å². The minimum Gasteiger partial charge on any atom is -0.456 e. The Balaban J connectivity index is 1.20. The van der Waals surface area contributed by atoms with Crippen molar-refractivity contribution < 1.29 is 58.0 Å². The number of hydrogen-bond donors (Lipinski definition) is 4. The molecule has 21 heteroatoms. The van der Waals surface area contributed by atoms with E-state index in [0.29, 0.717) is 44.2 Å². The maximum atomic E-state index is 14.9. The van der Waals surface area contributed by atoms with Gasteiger partial charge in [-0.05, 0) is 84.7 Å². The fourth-order valence-corrected chi connectivity index (χ4v) is 11.9. The zero-order valence-corrected chi connectivity index (χ0v) is 45.7. The van der Waals surface area contributed by atoms with Crippen molar-refractivity contribution >= 4 is 76.2 Å². The number of ether oxygens (including phenoxy) is 1. The van der Waals surface area contributed by atoms with Gasteiger partial charge in [0.05, 0.1) is 35.2 Å². The lowest BCUT2D eigenvalue weighted by atomic mass is 9.83. The summed E-state index contributed by atoms with van der Waals surface area (Å²) in [5, 5.41) is 3.65. The topological polar surface area (TPSA) is 248 Å². The SMILES string of the molecule is CN(CCS(=O)(=O)O)C(=O)c1cc(C(=O)NCCC(=O)N2Cc3ccccc3C#Cc3ccccc32)ccc1C1=c2cc3c(cc2Oc2cc4c(cc21)C(CS(=O)(=O)O)=CC(C)(C)N4C)=[N+](C)C(C)(C)C=C3CS(=O)(=O)O. The number of fused-ring (bicyclic) bond motifs is 6. The molecule has 0 aromatic heterocycles. The number of nitrogens with one attached hydrogen (secondary N) is 1. The summed E-state index contributed by atoms with van der Waals surface area (Å²) in [7, 11) is -8.81. The lowest BCUT2D eigenvalue weighted by Gasteiger charge is -2.41. The van der Waals surface area contributed by atoms with Gasteiger partial charge in [-0.2, -0.15) is 25.3 Å². The van der Waals surface area contributed by atoms with E-state index < -0.39 is 77.0 Å². The third-order valence-electron chi connectivity index (χ3n) is 14.4. The van der Waals surface area contributed by atoms with Gasteiger partial charge < -0.3 is 24.8 Å². The smallest absolute Gasteiger partial charge is 0.269 e. The van der Waals surface area contributed by atoms with Crippen LogP contribution in [0.1, 0.15) is 93.8 Å². The summed E-state index contributed by atoms with van der Waals surface area (Å²) >= 11 is 0. The van der Waals surface area contributed by atoms with E-state index in [4.69, 9.17) is 4.74 Å². The summed E-state index contributed by atoms with van der Waals surface area (Å²) in [5.74, 6) is 2.77. The van der Waals surface area contributed by atoms with Crippen LogP contribution in [0.15, 0.2) is 103 Å². The normalized spacial score (nSPS) is 16.0. The molecule has 0 saturated carbocycles. The molecule has 0 radical (unpaired) electrons. The monoisotopic (exact) mass is 1100 g/mol. The summed E-state index contributed by atoms with van der Waals surface area (Å²) in [6.07, 6.45) is 3.31. The molecule has 0 bridgehead atoms. The first kappa shape index (κ1) is 54.3. The molecule has 4 aliphatic heterocycles. The standard InChI is InChI=1S/C56H55N5O13S3/c1-55(2)29-38(32-76(68,69)70)41-25-44-49(27-47(41)59(55)6)74-50-28-48-42(39(33-77(71,72)73)30-56(3,4)60(48)7)26-45(50)52(44)40-19-18-36(24-43(40)54(64)58(5)22-23-75(65,66)67)53(63)57-21-20-51(62)61-31-37-14-9-8-12-34(37)16-17-35-13-10-11-15-46(35)61/h8-15,18-19,24-30H,20-23,31-33H2,1-7H3,(H3-,57,63,65,66,67,68,69,70,71,72,73)/p+1. The number of para-hydroxylation sites is 1. The summed E-state index contributed by atoms with van der Waals surface area (Å²) in [4.78, 5) is 47.9. The molecule has 0 atom stereocenters. The lowest BCUT2D eigenvalue weighted by Crippen LogP contribution is -2.47. The molecule has 4 heterocycles. The van der Waals surface area contributed by atoms with Gasteiger partial charge in [0.2, 0.25) is 11.3 Å². The van der Waals surface area contributed by atoms with E-state index in [1.807, 2.05) is 93.7 Å². The van der Waals surface area contributed by atoms with Gasteiger partial charge in [-0.3, -0.25) is 28.0 Å². The van der Waals surface area contributed by atoms with E-state index in [9.17, 15) is 53.3 Å². The van der Waals surface area contributed by atoms with Crippen molar-refractivity contribution in [3.05, 3.63) is 164 Å². The Morgan fingerprint density at radius 3 is 2.08 bits per heavy atom. The summed E-state index contributed by atoms with van der Waals surface area (Å²) in [6, 6.07) is 25.8. The van der Waals surface area contributed by atoms with Gasteiger partial charge >= 0.3 is 0 Å². The highest BCUT2D eigenvalue weighted by atomic mass is 32.2. The zero-order chi connectivity index (χ0) is 55.7. The molecular formula is C56H56N5O13S3+. The van der Waals surface area contributed by atoms with Crippen LogP contribution in [0.2, 0.25) is 0 Å². The van der Waals surface area contributed by atoms with Crippen LogP contribution in [-0.2, 0) is 41.7 Å². The molecule has 0 aliphatic carbocycles. The van der Waals surface area contributed by atoms with Crippen molar-refractivity contribution in [2.45, 2.75) is 51.7 Å². The second-order valence-electron chi connectivity index (χ2n) is 20.6. The Hall–Kier alpha value is -7.45. The highest BCUT2D eigenvalue weighted by Crippen LogP contribution is 2.47. The predicted octanol–water partition coefficient (Wildman–Crippen LogP) is 4.75. The molecule has 0 unspecified atom stereocenters. The first-order valence-corrected chi connectivity index (χ1v) is 29.2. The van der Waals surface area contributed by atoms with Crippen molar-refractivity contribution in [1.29, 1.82) is 0 Å². The molecule has 3 amide bonds. The van der Waals surface area contributed by atoms with Crippen molar-refractivity contribution in [3.63, 3.8) is 0 Å². The Labute approximate surface area is 446 Å². The van der Waals surface area contributed by atoms with Crippen LogP contribution >= 0.6 is 0 Å². The van der Waals surface area contributed by atoms with Crippen LogP contribution in [0, 0.1) is 11.8 Å². The third kappa shape index (κ3) is 11.2. The van der Waals surface area contributed by atoms with E-state index >= 15 is 0 Å². The molecule has 9 rings (SSSR count). The highest BCUT2D eigenvalue weighted by molar-refractivity contribution is 7.86. The lowest BCUT2D eigenvalue weighted by molar-refractivity contribution is -0.118. The molecule has 400 valence electrons. The molecule has 0 saturated heterocycles. The van der Waals surface area contributed by atoms with Crippen molar-refractivity contribution in [2.75, 3.05) is 61.3 Å². The quantitative estimate of drug-likeness (QED) is 0.0693. The second-order valence-corrected chi connectivity index (χ2v) is 25.1. The number of nitrogens with zero attached hydrogens (tertiary/aromatic N) is 4. The van der Waals surface area contributed by atoms with Gasteiger partial charge in [-0.15, -0.1) is 0 Å². The summed E-state index contributed by atoms with van der Waals surface area (Å²) < 4.78 is 113. The van der Waals surface area contributed by atoms with E-state index in [2.05, 4.69) is 17.2 Å². The minimum absolute atomic E-state index is 0.0259. The number of hydrogen-bond acceptors (Lipinski definition) is 11. The molecule has 4 N–H and O–H groups in total. The van der Waals surface area contributed by atoms with Crippen LogP contribution in [-0.4, -0.2) is 124 Å². The summed E-state index contributed by atoms with van der Waals surface area (Å²) in [6.45, 7) is 7.10. The van der Waals surface area contributed by atoms with Crippen LogP contribution in [0.4, 0.5) is 11.4 Å². The largest absolute Gasteiger partial charge is 0.456 e. The fourth-order valence-electron chi connectivity index (χ4n) is 10.1. The number of carbonyl (C=O) groups excluding carboxylic acids is 3. The Bertz CT molecular complexity index is 4020. The molecule has 77 heavy (non-hydrogen) atoms. The average Bonchev–Trinajstić information content (AvgIpc) is 3.36. The highest BCUT2D eigenvalue weighted by Gasteiger charge is 2.38. The Morgan fingerprint density at radius 1 is 0.740 bits per heavy atom. The molecule has 5 aromatic carbocycles. The van der Waals surface area contributed by atoms with Gasteiger partial charge in [0.1, 0.15) is 30.1 Å². The first-order valence-electron chi connectivity index (χ1n) is 24.3. The summed E-state index contributed by atoms with van der Waals surface area (Å²) in [5.41, 5.74) is 3.78. The van der Waals surface area contributed by atoms with Crippen molar-refractivity contribution in [1.82, 2.24) is 14.8 Å². The van der Waals surface area contributed by atoms with Crippen LogP contribution in [0.25, 0.3) is 16.7 Å². The van der Waals surface area contributed by atoms with Crippen LogP contribution < -0.4 is 35.0 Å². The van der Waals surface area contributed by atoms with Crippen molar-refractivity contribution in [2.24, 2.45) is 0 Å². The third-order valence-corrected chi connectivity index (χ3v) is 16.5. The van der Waals surface area contributed by atoms with E-state index in [-0.39, 0.29) is 70.3 Å². The van der Waals surface area contributed by atoms with Crippen LogP contribution in [0.5, 0.6) is 11.5 Å². The van der Waals surface area contributed by atoms with Gasteiger partial charge in [0.25, 0.3) is 42.2 Å². The number of carbonyl (C=O) groups is 3. The molecule has 0 spiro atoms. The number of benzene rings is 5. The molecular weight excluding hydrogens is 1050 g/mol. The van der Waals surface area contributed by atoms with Crippen LogP contribution in [0.3, 0.4) is 0 Å². The van der Waals surface area contributed by atoms with Gasteiger partial charge in [-0.25, -0.2) is 4.58 Å². The fraction of sp³-hybridized carbons (Fsp3) is 0.286. The van der Waals surface area contributed by atoms with Crippen molar-refractivity contribution in [3.8, 4) is 23.3 Å². The minimum atomic E-state index is -4.60. The number of likely N-dealkylation sites (N-methyl/N-ethyl adjacent to an activating group) is 2. The predicted molar refractivity (Wildman–Crippen MR) is 293 cm³/mol. The second kappa shape index (κ2) is 19.8. The Morgan fingerprint density at radius 2 is 1.39 bits per heavy atom. The van der Waals surface area contributed by atoms with E-state index in [0.717, 1.165) is 16.0 Å². The number of anilines is 2. The maximum absolute atomic E-state index is 14.9. The molecule has 18 nitrogen and oxygen atoms in total. The number of rotatable bonds is 13. The molecule has 5 aromatic rings. The number of amides is 3. The van der Waals surface area contributed by atoms with E-state index in [1.54, 1.807) is 47.4 Å². The average molecular weight is 1100 g/mol. The Kier molecular flexibility index (Phi) is 14.0. The zero-order valence-electron chi connectivity index (χ0n) is 43.2. The maximum Gasteiger partial charge on any atom is 0.269 e. The van der Waals surface area contributed by atoms with Gasteiger partial charge in [-0.1, -0.05) is 54.3 Å². The van der Waals surface area contributed by atoms with Gasteiger partial charge in [0, 0.05) is 103 Å². The molecule has 0 fully saturated rings. The van der Waals surface area contributed by atoms with Gasteiger partial charge in [0.15, 0.2) is 5.54 Å². The molecule has 4 aliphatic rings.